The van der Waals surface area contributed by atoms with E-state index in [2.05, 4.69) is 36.6 Å². The average Bonchev–Trinajstić information content (AvgIpc) is 3.42. The van der Waals surface area contributed by atoms with Crippen molar-refractivity contribution in [1.29, 1.82) is 0 Å². The summed E-state index contributed by atoms with van der Waals surface area (Å²) in [5.41, 5.74) is 3.20. The van der Waals surface area contributed by atoms with Gasteiger partial charge in [-0.2, -0.15) is 4.39 Å². The largest absolute Gasteiger partial charge is 0.380 e. The van der Waals surface area contributed by atoms with Crippen molar-refractivity contribution in [3.8, 4) is 5.69 Å². The first-order valence-corrected chi connectivity index (χ1v) is 12.8. The molecule has 0 N–H and O–H groups in total. The summed E-state index contributed by atoms with van der Waals surface area (Å²) in [5, 5.41) is 10.1. The van der Waals surface area contributed by atoms with E-state index in [0.29, 0.717) is 17.5 Å². The van der Waals surface area contributed by atoms with Crippen molar-refractivity contribution in [1.82, 2.24) is 24.6 Å². The van der Waals surface area contributed by atoms with Gasteiger partial charge in [0.05, 0.1) is 18.8 Å². The first-order chi connectivity index (χ1) is 17.0. The Labute approximate surface area is 208 Å². The maximum absolute atomic E-state index is 13.9. The Morgan fingerprint density at radius 3 is 2.74 bits per heavy atom. The number of aromatic nitrogens is 4. The standard InChI is InChI=1S/C26H28ClFN6O/c1-16-2-5-22(29-24(16)28)33-14-26(15-33)9-18(10-26)25-31-30-23-12-32(20-6-7-35-13-20)11-17-8-19(27)3-4-21(17)34(23)25/h2-5,8,18,20H,6-7,9-15H2,1H3/t20-/m1/s1. The van der Waals surface area contributed by atoms with Crippen molar-refractivity contribution in [2.24, 2.45) is 5.41 Å². The van der Waals surface area contributed by atoms with Gasteiger partial charge in [0.25, 0.3) is 0 Å². The average molecular weight is 495 g/mol. The van der Waals surface area contributed by atoms with Crippen LogP contribution in [-0.2, 0) is 17.8 Å². The van der Waals surface area contributed by atoms with E-state index in [1.54, 1.807) is 6.92 Å². The van der Waals surface area contributed by atoms with E-state index < -0.39 is 0 Å². The number of hydrogen-bond acceptors (Lipinski definition) is 6. The van der Waals surface area contributed by atoms with Gasteiger partial charge in [-0.05, 0) is 56.0 Å². The summed E-state index contributed by atoms with van der Waals surface area (Å²) in [6.07, 6.45) is 3.18. The molecule has 0 bridgehead atoms. The molecule has 3 aliphatic heterocycles. The zero-order valence-electron chi connectivity index (χ0n) is 19.8. The maximum atomic E-state index is 13.9. The molecule has 1 aromatic carbocycles. The lowest BCUT2D eigenvalue weighted by Gasteiger charge is -2.59. The molecule has 3 fully saturated rings. The molecule has 7 nitrogen and oxygen atoms in total. The van der Waals surface area contributed by atoms with Crippen LogP contribution < -0.4 is 4.90 Å². The molecule has 4 aliphatic rings. The Kier molecular flexibility index (Phi) is 4.95. The Morgan fingerprint density at radius 1 is 1.11 bits per heavy atom. The van der Waals surface area contributed by atoms with Gasteiger partial charge in [-0.25, -0.2) is 4.98 Å². The molecule has 1 saturated carbocycles. The van der Waals surface area contributed by atoms with Crippen LogP contribution in [0, 0.1) is 18.3 Å². The highest BCUT2D eigenvalue weighted by Crippen LogP contribution is 2.56. The smallest absolute Gasteiger partial charge is 0.217 e. The molecule has 3 aromatic rings. The predicted molar refractivity (Wildman–Crippen MR) is 130 cm³/mol. The van der Waals surface area contributed by atoms with Crippen molar-refractivity contribution in [2.45, 2.75) is 51.2 Å². The van der Waals surface area contributed by atoms with Gasteiger partial charge in [0.1, 0.15) is 11.6 Å². The van der Waals surface area contributed by atoms with Crippen molar-refractivity contribution < 1.29 is 9.13 Å². The van der Waals surface area contributed by atoms with Gasteiger partial charge in [-0.15, -0.1) is 10.2 Å². The zero-order valence-corrected chi connectivity index (χ0v) is 20.5. The van der Waals surface area contributed by atoms with Crippen LogP contribution in [0.4, 0.5) is 10.2 Å². The van der Waals surface area contributed by atoms with Gasteiger partial charge in [0.2, 0.25) is 5.95 Å². The molecule has 182 valence electrons. The van der Waals surface area contributed by atoms with Crippen LogP contribution in [0.2, 0.25) is 5.02 Å². The van der Waals surface area contributed by atoms with E-state index in [1.807, 2.05) is 18.2 Å². The highest BCUT2D eigenvalue weighted by molar-refractivity contribution is 6.30. The number of aryl methyl sites for hydroxylation is 1. The fraction of sp³-hybridized carbons (Fsp3) is 0.500. The Bertz CT molecular complexity index is 1290. The van der Waals surface area contributed by atoms with Crippen molar-refractivity contribution >= 4 is 17.4 Å². The molecule has 7 rings (SSSR count). The van der Waals surface area contributed by atoms with Crippen molar-refractivity contribution in [3.05, 3.63) is 64.1 Å². The summed E-state index contributed by atoms with van der Waals surface area (Å²) in [6.45, 7) is 6.74. The number of nitrogens with zero attached hydrogens (tertiary/aromatic N) is 6. The van der Waals surface area contributed by atoms with Crippen LogP contribution in [0.15, 0.2) is 30.3 Å². The van der Waals surface area contributed by atoms with E-state index in [4.69, 9.17) is 21.4 Å². The lowest BCUT2D eigenvalue weighted by Crippen LogP contribution is -2.62. The number of halogens is 2. The van der Waals surface area contributed by atoms with Crippen LogP contribution >= 0.6 is 11.6 Å². The van der Waals surface area contributed by atoms with Gasteiger partial charge in [-0.1, -0.05) is 17.7 Å². The van der Waals surface area contributed by atoms with Crippen LogP contribution in [0.25, 0.3) is 5.69 Å². The molecule has 2 saturated heterocycles. The Balaban J connectivity index is 1.13. The first-order valence-electron chi connectivity index (χ1n) is 12.4. The molecule has 35 heavy (non-hydrogen) atoms. The SMILES string of the molecule is Cc1ccc(N2CC3(CC(c4nnc5n4-c4ccc(Cl)cc4CN([C@@H]4CCOC4)C5)C3)C2)nc1F. The molecular weight excluding hydrogens is 467 g/mol. The summed E-state index contributed by atoms with van der Waals surface area (Å²) in [5.74, 6) is 2.77. The van der Waals surface area contributed by atoms with Gasteiger partial charge in [0, 0.05) is 54.2 Å². The molecule has 0 amide bonds. The number of rotatable bonds is 3. The summed E-state index contributed by atoms with van der Waals surface area (Å²) >= 11 is 6.41. The van der Waals surface area contributed by atoms with Crippen LogP contribution in [0.5, 0.6) is 0 Å². The van der Waals surface area contributed by atoms with E-state index in [-0.39, 0.29) is 11.4 Å². The van der Waals surface area contributed by atoms with Crippen LogP contribution in [-0.4, -0.2) is 57.0 Å². The molecule has 1 atom stereocenters. The third-order valence-corrected chi connectivity index (χ3v) is 8.53. The van der Waals surface area contributed by atoms with Gasteiger partial charge < -0.3 is 9.64 Å². The Morgan fingerprint density at radius 2 is 1.97 bits per heavy atom. The third kappa shape index (κ3) is 3.57. The summed E-state index contributed by atoms with van der Waals surface area (Å²) in [6, 6.07) is 10.3. The maximum Gasteiger partial charge on any atom is 0.217 e. The topological polar surface area (TPSA) is 59.3 Å². The molecule has 9 heteroatoms. The van der Waals surface area contributed by atoms with Crippen LogP contribution in [0.3, 0.4) is 0 Å². The second-order valence-electron chi connectivity index (χ2n) is 10.7. The minimum atomic E-state index is -0.377. The monoisotopic (exact) mass is 494 g/mol. The number of hydrogen-bond donors (Lipinski definition) is 0. The predicted octanol–water partition coefficient (Wildman–Crippen LogP) is 4.25. The molecule has 1 spiro atoms. The molecule has 1 aliphatic carbocycles. The van der Waals surface area contributed by atoms with Gasteiger partial charge in [-0.3, -0.25) is 9.47 Å². The molecule has 0 radical (unpaired) electrons. The quantitative estimate of drug-likeness (QED) is 0.507. The second-order valence-corrected chi connectivity index (χ2v) is 11.2. The van der Waals surface area contributed by atoms with Crippen molar-refractivity contribution in [2.75, 3.05) is 31.2 Å². The Hall–Kier alpha value is -2.55. The first kappa shape index (κ1) is 21.7. The number of ether oxygens (including phenoxy) is 1. The summed E-state index contributed by atoms with van der Waals surface area (Å²) < 4.78 is 21.9. The number of benzene rings is 1. The lowest BCUT2D eigenvalue weighted by atomic mass is 9.57. The minimum absolute atomic E-state index is 0.265. The molecule has 2 aromatic heterocycles. The van der Waals surface area contributed by atoms with Crippen molar-refractivity contribution in [3.63, 3.8) is 0 Å². The minimum Gasteiger partial charge on any atom is -0.380 e. The summed E-state index contributed by atoms with van der Waals surface area (Å²) in [4.78, 5) is 8.78. The number of fused-ring (bicyclic) bond motifs is 3. The normalized spacial score (nSPS) is 23.5. The second kappa shape index (κ2) is 7.98. The highest BCUT2D eigenvalue weighted by Gasteiger charge is 2.54. The lowest BCUT2D eigenvalue weighted by molar-refractivity contribution is 0.0580. The molecule has 0 unspecified atom stereocenters. The number of anilines is 1. The zero-order chi connectivity index (χ0) is 23.7. The van der Waals surface area contributed by atoms with E-state index >= 15 is 0 Å². The van der Waals surface area contributed by atoms with E-state index in [1.165, 1.54) is 5.56 Å². The third-order valence-electron chi connectivity index (χ3n) is 8.30. The van der Waals surface area contributed by atoms with E-state index in [0.717, 1.165) is 86.8 Å². The van der Waals surface area contributed by atoms with E-state index in [9.17, 15) is 4.39 Å². The fourth-order valence-electron chi connectivity index (χ4n) is 6.41. The van der Waals surface area contributed by atoms with Gasteiger partial charge >= 0.3 is 0 Å². The van der Waals surface area contributed by atoms with Gasteiger partial charge in [0.15, 0.2) is 5.82 Å². The highest BCUT2D eigenvalue weighted by atomic mass is 35.5. The molecule has 5 heterocycles. The summed E-state index contributed by atoms with van der Waals surface area (Å²) in [7, 11) is 0. The molecular formula is C26H28ClFN6O. The van der Waals surface area contributed by atoms with Crippen LogP contribution in [0.1, 0.15) is 48.0 Å². The fourth-order valence-corrected chi connectivity index (χ4v) is 6.60. The number of pyridine rings is 1.